The van der Waals surface area contributed by atoms with Gasteiger partial charge in [-0.3, -0.25) is 4.79 Å². The van der Waals surface area contributed by atoms with Crippen LogP contribution in [0.3, 0.4) is 0 Å². The quantitative estimate of drug-likeness (QED) is 0.519. The summed E-state index contributed by atoms with van der Waals surface area (Å²) in [5.74, 6) is -0.0657. The van der Waals surface area contributed by atoms with Gasteiger partial charge in [0.05, 0.1) is 12.0 Å². The van der Waals surface area contributed by atoms with Crippen LogP contribution in [0.1, 0.15) is 6.42 Å². The van der Waals surface area contributed by atoms with E-state index in [2.05, 4.69) is 5.32 Å². The lowest BCUT2D eigenvalue weighted by Crippen LogP contribution is -2.47. The maximum absolute atomic E-state index is 11.6. The number of β-amino-alcohol motifs (C(OH)–C–C–N with tert-alkyl or cyclic N) is 1. The van der Waals surface area contributed by atoms with Gasteiger partial charge in [0, 0.05) is 26.2 Å². The van der Waals surface area contributed by atoms with Gasteiger partial charge in [-0.1, -0.05) is 0 Å². The molecule has 0 unspecified atom stereocenters. The Hall–Kier alpha value is -0.610. The van der Waals surface area contributed by atoms with Gasteiger partial charge in [-0.25, -0.2) is 0 Å². The minimum absolute atomic E-state index is 0.124. The van der Waals surface area contributed by atoms with E-state index in [-0.39, 0.29) is 11.8 Å². The Morgan fingerprint density at radius 2 is 2.17 bits per heavy atom. The number of rotatable bonds is 1. The van der Waals surface area contributed by atoms with E-state index in [0.717, 1.165) is 19.5 Å². The molecule has 2 aliphatic rings. The first-order chi connectivity index (χ1) is 5.79. The third-order valence-corrected chi connectivity index (χ3v) is 2.67. The Labute approximate surface area is 71.5 Å². The van der Waals surface area contributed by atoms with Gasteiger partial charge in [0.1, 0.15) is 0 Å². The predicted octanol–water partition coefficient (Wildman–Crippen LogP) is -1.20. The zero-order valence-corrected chi connectivity index (χ0v) is 6.99. The number of carbonyl (C=O) groups is 1. The van der Waals surface area contributed by atoms with Crippen molar-refractivity contribution in [3.63, 3.8) is 0 Å². The fraction of sp³-hybridized carbons (Fsp3) is 0.875. The smallest absolute Gasteiger partial charge is 0.229 e. The van der Waals surface area contributed by atoms with E-state index >= 15 is 0 Å². The highest BCUT2D eigenvalue weighted by Gasteiger charge is 2.35. The van der Waals surface area contributed by atoms with Crippen LogP contribution in [-0.4, -0.2) is 48.2 Å². The van der Waals surface area contributed by atoms with Crippen molar-refractivity contribution in [3.8, 4) is 0 Å². The van der Waals surface area contributed by atoms with Gasteiger partial charge in [0.2, 0.25) is 5.91 Å². The molecule has 0 saturated carbocycles. The van der Waals surface area contributed by atoms with E-state index in [1.807, 2.05) is 4.90 Å². The SMILES string of the molecule is O=C([C@H]1CNC[C@@H]1O)N1CCC1. The standard InChI is InChI=1S/C8H14N2O2/c11-7-5-9-4-6(7)8(12)10-2-1-3-10/h6-7,9,11H,1-5H2/t6-,7-/m0/s1. The summed E-state index contributed by atoms with van der Waals surface area (Å²) in [7, 11) is 0. The second-order valence-electron chi connectivity index (χ2n) is 3.51. The molecule has 0 aromatic rings. The van der Waals surface area contributed by atoms with Crippen LogP contribution in [0.4, 0.5) is 0 Å². The van der Waals surface area contributed by atoms with Crippen molar-refractivity contribution >= 4 is 5.91 Å². The highest BCUT2D eigenvalue weighted by molar-refractivity contribution is 5.80. The van der Waals surface area contributed by atoms with Crippen LogP contribution in [0.25, 0.3) is 0 Å². The van der Waals surface area contributed by atoms with E-state index in [0.29, 0.717) is 13.1 Å². The van der Waals surface area contributed by atoms with E-state index in [1.165, 1.54) is 0 Å². The molecule has 0 aromatic carbocycles. The fourth-order valence-corrected chi connectivity index (χ4v) is 1.69. The number of nitrogens with one attached hydrogen (secondary N) is 1. The Kier molecular flexibility index (Phi) is 2.02. The van der Waals surface area contributed by atoms with Crippen molar-refractivity contribution in [2.24, 2.45) is 5.92 Å². The second-order valence-corrected chi connectivity index (χ2v) is 3.51. The molecule has 0 spiro atoms. The number of amides is 1. The molecule has 68 valence electrons. The molecule has 0 aliphatic carbocycles. The Balaban J connectivity index is 1.93. The van der Waals surface area contributed by atoms with Gasteiger partial charge in [-0.05, 0) is 6.42 Å². The second kappa shape index (κ2) is 3.03. The number of hydrogen-bond acceptors (Lipinski definition) is 3. The fourth-order valence-electron chi connectivity index (χ4n) is 1.69. The molecule has 2 heterocycles. The summed E-state index contributed by atoms with van der Waals surface area (Å²) in [5.41, 5.74) is 0. The average molecular weight is 170 g/mol. The number of carbonyl (C=O) groups excluding carboxylic acids is 1. The van der Waals surface area contributed by atoms with E-state index < -0.39 is 6.10 Å². The first kappa shape index (κ1) is 8.01. The first-order valence-corrected chi connectivity index (χ1v) is 4.46. The Bertz CT molecular complexity index is 191. The number of aliphatic hydroxyl groups excluding tert-OH is 1. The number of hydrogen-bond donors (Lipinski definition) is 2. The number of nitrogens with zero attached hydrogens (tertiary/aromatic N) is 1. The van der Waals surface area contributed by atoms with Crippen LogP contribution in [0, 0.1) is 5.92 Å². The lowest BCUT2D eigenvalue weighted by atomic mass is 10.0. The van der Waals surface area contributed by atoms with Gasteiger partial charge in [-0.2, -0.15) is 0 Å². The third-order valence-electron chi connectivity index (χ3n) is 2.67. The van der Waals surface area contributed by atoms with Crippen molar-refractivity contribution in [1.82, 2.24) is 10.2 Å². The third kappa shape index (κ3) is 1.21. The van der Waals surface area contributed by atoms with Gasteiger partial charge in [0.15, 0.2) is 0 Å². The lowest BCUT2D eigenvalue weighted by molar-refractivity contribution is -0.141. The lowest BCUT2D eigenvalue weighted by Gasteiger charge is -2.33. The summed E-state index contributed by atoms with van der Waals surface area (Å²) >= 11 is 0. The molecule has 4 nitrogen and oxygen atoms in total. The van der Waals surface area contributed by atoms with Crippen LogP contribution in [0.15, 0.2) is 0 Å². The summed E-state index contributed by atoms with van der Waals surface area (Å²) in [6.07, 6.45) is 0.639. The minimum atomic E-state index is -0.474. The molecule has 2 aliphatic heterocycles. The maximum atomic E-state index is 11.6. The van der Waals surface area contributed by atoms with Crippen molar-refractivity contribution in [3.05, 3.63) is 0 Å². The van der Waals surface area contributed by atoms with Crippen LogP contribution >= 0.6 is 0 Å². The normalized spacial score (nSPS) is 34.9. The van der Waals surface area contributed by atoms with Crippen LogP contribution in [0.5, 0.6) is 0 Å². The van der Waals surface area contributed by atoms with E-state index in [1.54, 1.807) is 0 Å². The molecular weight excluding hydrogens is 156 g/mol. The topological polar surface area (TPSA) is 52.6 Å². The van der Waals surface area contributed by atoms with E-state index in [9.17, 15) is 9.90 Å². The molecule has 0 aromatic heterocycles. The number of likely N-dealkylation sites (tertiary alicyclic amines) is 1. The van der Waals surface area contributed by atoms with E-state index in [4.69, 9.17) is 0 Å². The molecule has 2 saturated heterocycles. The summed E-state index contributed by atoms with van der Waals surface area (Å²) in [6.45, 7) is 2.95. The molecule has 12 heavy (non-hydrogen) atoms. The molecule has 0 radical (unpaired) electrons. The van der Waals surface area contributed by atoms with Crippen LogP contribution < -0.4 is 5.32 Å². The summed E-state index contributed by atoms with van der Waals surface area (Å²) in [5, 5.41) is 12.4. The van der Waals surface area contributed by atoms with Crippen molar-refractivity contribution in [2.45, 2.75) is 12.5 Å². The van der Waals surface area contributed by atoms with Crippen molar-refractivity contribution in [1.29, 1.82) is 0 Å². The minimum Gasteiger partial charge on any atom is -0.391 e. The summed E-state index contributed by atoms with van der Waals surface area (Å²) in [4.78, 5) is 13.4. The van der Waals surface area contributed by atoms with Crippen molar-refractivity contribution < 1.29 is 9.90 Å². The highest BCUT2D eigenvalue weighted by atomic mass is 16.3. The first-order valence-electron chi connectivity index (χ1n) is 4.46. The maximum Gasteiger partial charge on any atom is 0.229 e. The molecule has 0 bridgehead atoms. The Morgan fingerprint density at radius 1 is 1.42 bits per heavy atom. The molecule has 2 fully saturated rings. The molecule has 1 amide bonds. The van der Waals surface area contributed by atoms with Crippen molar-refractivity contribution in [2.75, 3.05) is 26.2 Å². The zero-order valence-electron chi connectivity index (χ0n) is 6.99. The predicted molar refractivity (Wildman–Crippen MR) is 43.6 cm³/mol. The zero-order chi connectivity index (χ0) is 8.55. The largest absolute Gasteiger partial charge is 0.391 e. The summed E-state index contributed by atoms with van der Waals surface area (Å²) < 4.78 is 0. The average Bonchev–Trinajstić information content (AvgIpc) is 2.31. The Morgan fingerprint density at radius 3 is 2.58 bits per heavy atom. The van der Waals surface area contributed by atoms with Gasteiger partial charge >= 0.3 is 0 Å². The molecule has 4 heteroatoms. The summed E-state index contributed by atoms with van der Waals surface area (Å²) in [6, 6.07) is 0. The molecular formula is C8H14N2O2. The monoisotopic (exact) mass is 170 g/mol. The van der Waals surface area contributed by atoms with Gasteiger partial charge in [-0.15, -0.1) is 0 Å². The highest BCUT2D eigenvalue weighted by Crippen LogP contribution is 2.16. The van der Waals surface area contributed by atoms with Gasteiger partial charge < -0.3 is 15.3 Å². The molecule has 2 atom stereocenters. The molecule has 2 N–H and O–H groups in total. The number of aliphatic hydroxyl groups is 1. The van der Waals surface area contributed by atoms with Gasteiger partial charge in [0.25, 0.3) is 0 Å². The molecule has 2 rings (SSSR count). The van der Waals surface area contributed by atoms with Crippen LogP contribution in [-0.2, 0) is 4.79 Å². The van der Waals surface area contributed by atoms with Crippen LogP contribution in [0.2, 0.25) is 0 Å².